The van der Waals surface area contributed by atoms with Gasteiger partial charge in [0.05, 0.1) is 11.4 Å². The van der Waals surface area contributed by atoms with Gasteiger partial charge in [-0.1, -0.05) is 18.2 Å². The number of rotatable bonds is 4. The summed E-state index contributed by atoms with van der Waals surface area (Å²) in [6.07, 6.45) is -4.50. The lowest BCUT2D eigenvalue weighted by Crippen LogP contribution is -2.29. The number of aromatic nitrogens is 2. The molecule has 0 atom stereocenters. The first-order valence-electron chi connectivity index (χ1n) is 8.85. The molecule has 9 heteroatoms. The van der Waals surface area contributed by atoms with Crippen molar-refractivity contribution < 1.29 is 22.4 Å². The number of para-hydroxylation sites is 1. The van der Waals surface area contributed by atoms with Crippen molar-refractivity contribution in [2.24, 2.45) is 0 Å². The Morgan fingerprint density at radius 1 is 1.00 bits per heavy atom. The monoisotopic (exact) mass is 404 g/mol. The SMILES string of the molecule is O=C(Nc1ccc(F)cc1)Nc1cc(C2(C(F)(F)F)CC2)nn1-c1ccccc1. The van der Waals surface area contributed by atoms with E-state index in [9.17, 15) is 22.4 Å². The van der Waals surface area contributed by atoms with E-state index in [1.807, 2.05) is 0 Å². The molecule has 2 aromatic carbocycles. The quantitative estimate of drug-likeness (QED) is 0.584. The van der Waals surface area contributed by atoms with Gasteiger partial charge in [-0.2, -0.15) is 18.3 Å². The summed E-state index contributed by atoms with van der Waals surface area (Å²) in [5.74, 6) is -0.356. The number of benzene rings is 2. The third-order valence-corrected chi connectivity index (χ3v) is 4.84. The molecule has 0 radical (unpaired) electrons. The summed E-state index contributed by atoms with van der Waals surface area (Å²) >= 11 is 0. The van der Waals surface area contributed by atoms with E-state index in [1.54, 1.807) is 30.3 Å². The van der Waals surface area contributed by atoms with Gasteiger partial charge in [0, 0.05) is 11.8 Å². The Labute approximate surface area is 163 Å². The summed E-state index contributed by atoms with van der Waals surface area (Å²) in [4.78, 5) is 12.3. The van der Waals surface area contributed by atoms with Crippen LogP contribution < -0.4 is 10.6 Å². The summed E-state index contributed by atoms with van der Waals surface area (Å²) in [7, 11) is 0. The number of amides is 2. The normalized spacial score (nSPS) is 15.0. The summed E-state index contributed by atoms with van der Waals surface area (Å²) in [6.45, 7) is 0. The van der Waals surface area contributed by atoms with Gasteiger partial charge in [0.2, 0.25) is 0 Å². The first-order chi connectivity index (χ1) is 13.8. The number of hydrogen-bond donors (Lipinski definition) is 2. The van der Waals surface area contributed by atoms with Gasteiger partial charge in [0.25, 0.3) is 0 Å². The maximum Gasteiger partial charge on any atom is 0.400 e. The molecule has 29 heavy (non-hydrogen) atoms. The van der Waals surface area contributed by atoms with Crippen molar-refractivity contribution in [1.29, 1.82) is 0 Å². The highest BCUT2D eigenvalue weighted by atomic mass is 19.4. The third kappa shape index (κ3) is 3.67. The van der Waals surface area contributed by atoms with Gasteiger partial charge in [0.15, 0.2) is 0 Å². The van der Waals surface area contributed by atoms with Crippen LogP contribution in [0.2, 0.25) is 0 Å². The first kappa shape index (κ1) is 19.0. The van der Waals surface area contributed by atoms with Crippen LogP contribution in [0.4, 0.5) is 33.9 Å². The Morgan fingerprint density at radius 2 is 1.66 bits per heavy atom. The van der Waals surface area contributed by atoms with Crippen LogP contribution in [-0.4, -0.2) is 22.0 Å². The zero-order chi connectivity index (χ0) is 20.6. The van der Waals surface area contributed by atoms with Gasteiger partial charge in [-0.15, -0.1) is 0 Å². The molecule has 3 aromatic rings. The highest BCUT2D eigenvalue weighted by Crippen LogP contribution is 2.58. The lowest BCUT2D eigenvalue weighted by atomic mass is 10.0. The van der Waals surface area contributed by atoms with E-state index in [0.29, 0.717) is 11.4 Å². The van der Waals surface area contributed by atoms with Crippen LogP contribution in [0.3, 0.4) is 0 Å². The van der Waals surface area contributed by atoms with Crippen LogP contribution in [0, 0.1) is 5.82 Å². The number of carbonyl (C=O) groups is 1. The van der Waals surface area contributed by atoms with Gasteiger partial charge in [-0.3, -0.25) is 5.32 Å². The Morgan fingerprint density at radius 3 is 2.24 bits per heavy atom. The second kappa shape index (κ2) is 6.91. The van der Waals surface area contributed by atoms with Crippen LogP contribution in [-0.2, 0) is 5.41 Å². The number of anilines is 2. The third-order valence-electron chi connectivity index (χ3n) is 4.84. The average Bonchev–Trinajstić information content (AvgIpc) is 3.41. The molecule has 1 aliphatic rings. The summed E-state index contributed by atoms with van der Waals surface area (Å²) in [5.41, 5.74) is -1.26. The van der Waals surface area contributed by atoms with Crippen LogP contribution >= 0.6 is 0 Å². The number of urea groups is 1. The Hall–Kier alpha value is -3.36. The highest BCUT2D eigenvalue weighted by molar-refractivity contribution is 5.99. The molecule has 0 bridgehead atoms. The minimum atomic E-state index is -4.42. The topological polar surface area (TPSA) is 59.0 Å². The molecule has 1 aromatic heterocycles. The van der Waals surface area contributed by atoms with Crippen LogP contribution in [0.1, 0.15) is 18.5 Å². The van der Waals surface area contributed by atoms with Crippen molar-refractivity contribution >= 4 is 17.5 Å². The van der Waals surface area contributed by atoms with E-state index in [1.165, 1.54) is 35.0 Å². The largest absolute Gasteiger partial charge is 0.400 e. The van der Waals surface area contributed by atoms with Gasteiger partial charge in [-0.25, -0.2) is 13.9 Å². The van der Waals surface area contributed by atoms with Crippen LogP contribution in [0.15, 0.2) is 60.7 Å². The molecule has 1 saturated carbocycles. The van der Waals surface area contributed by atoms with Crippen molar-refractivity contribution in [3.63, 3.8) is 0 Å². The van der Waals surface area contributed by atoms with E-state index in [-0.39, 0.29) is 24.4 Å². The Bertz CT molecular complexity index is 1020. The molecule has 0 saturated heterocycles. The number of nitrogens with zero attached hydrogens (tertiary/aromatic N) is 2. The van der Waals surface area contributed by atoms with E-state index in [0.717, 1.165) is 0 Å². The maximum absolute atomic E-state index is 13.5. The van der Waals surface area contributed by atoms with E-state index < -0.39 is 23.4 Å². The number of hydrogen-bond acceptors (Lipinski definition) is 2. The molecule has 1 fully saturated rings. The molecule has 0 unspecified atom stereocenters. The number of carbonyl (C=O) groups excluding carboxylic acids is 1. The van der Waals surface area contributed by atoms with Gasteiger partial charge >= 0.3 is 12.2 Å². The molecule has 0 spiro atoms. The molecular weight excluding hydrogens is 388 g/mol. The Kier molecular flexibility index (Phi) is 4.52. The zero-order valence-corrected chi connectivity index (χ0v) is 15.0. The number of halogens is 4. The lowest BCUT2D eigenvalue weighted by Gasteiger charge is -2.16. The molecule has 1 heterocycles. The van der Waals surface area contributed by atoms with Crippen LogP contribution in [0.5, 0.6) is 0 Å². The lowest BCUT2D eigenvalue weighted by molar-refractivity contribution is -0.161. The highest BCUT2D eigenvalue weighted by Gasteiger charge is 2.65. The molecule has 4 rings (SSSR count). The summed E-state index contributed by atoms with van der Waals surface area (Å²) < 4.78 is 54.8. The summed E-state index contributed by atoms with van der Waals surface area (Å²) in [6, 6.07) is 14.2. The average molecular weight is 404 g/mol. The van der Waals surface area contributed by atoms with Gasteiger partial charge in [-0.05, 0) is 49.2 Å². The maximum atomic E-state index is 13.5. The standard InChI is InChI=1S/C20H16F4N4O/c21-13-6-8-14(9-7-13)25-18(29)26-17-12-16(19(10-11-19)20(22,23)24)27-28(17)15-4-2-1-3-5-15/h1-9,12H,10-11H2,(H2,25,26,29). The molecule has 2 N–H and O–H groups in total. The number of alkyl halides is 3. The fourth-order valence-electron chi connectivity index (χ4n) is 3.09. The summed E-state index contributed by atoms with van der Waals surface area (Å²) in [5, 5.41) is 9.20. The minimum Gasteiger partial charge on any atom is -0.308 e. The molecule has 150 valence electrons. The minimum absolute atomic E-state index is 0.0382. The second-order valence-corrected chi connectivity index (χ2v) is 6.83. The number of nitrogens with one attached hydrogen (secondary N) is 2. The molecule has 1 aliphatic carbocycles. The van der Waals surface area contributed by atoms with Crippen molar-refractivity contribution in [1.82, 2.24) is 9.78 Å². The fourth-order valence-corrected chi connectivity index (χ4v) is 3.09. The van der Waals surface area contributed by atoms with Crippen LogP contribution in [0.25, 0.3) is 5.69 Å². The Balaban J connectivity index is 1.64. The van der Waals surface area contributed by atoms with E-state index >= 15 is 0 Å². The fraction of sp³-hybridized carbons (Fsp3) is 0.200. The smallest absolute Gasteiger partial charge is 0.308 e. The van der Waals surface area contributed by atoms with Crippen molar-refractivity contribution in [3.05, 3.63) is 72.2 Å². The van der Waals surface area contributed by atoms with Crippen molar-refractivity contribution in [2.75, 3.05) is 10.6 Å². The molecule has 2 amide bonds. The predicted octanol–water partition coefficient (Wildman–Crippen LogP) is 5.25. The van der Waals surface area contributed by atoms with Gasteiger partial charge < -0.3 is 5.32 Å². The van der Waals surface area contributed by atoms with Gasteiger partial charge in [0.1, 0.15) is 17.1 Å². The molecule has 5 nitrogen and oxygen atoms in total. The second-order valence-electron chi connectivity index (χ2n) is 6.83. The van der Waals surface area contributed by atoms with E-state index in [4.69, 9.17) is 0 Å². The zero-order valence-electron chi connectivity index (χ0n) is 15.0. The van der Waals surface area contributed by atoms with Crippen molar-refractivity contribution in [3.8, 4) is 5.69 Å². The van der Waals surface area contributed by atoms with Crippen molar-refractivity contribution in [2.45, 2.75) is 24.4 Å². The predicted molar refractivity (Wildman–Crippen MR) is 99.6 cm³/mol. The molecule has 0 aliphatic heterocycles. The molecular formula is C20H16F4N4O. The van der Waals surface area contributed by atoms with E-state index in [2.05, 4.69) is 15.7 Å². The first-order valence-corrected chi connectivity index (χ1v) is 8.85.